The van der Waals surface area contributed by atoms with Crippen molar-refractivity contribution in [2.45, 2.75) is 31.3 Å². The number of nitrogens with zero attached hydrogens (tertiary/aromatic N) is 2. The number of nitro benzene ring substituents is 1. The first kappa shape index (κ1) is 20.8. The fraction of sp³-hybridized carbons (Fsp3) is 0.412. The smallest absolute Gasteiger partial charge is 0.326 e. The van der Waals surface area contributed by atoms with Crippen molar-refractivity contribution in [2.75, 3.05) is 13.1 Å². The molecular weight excluding hydrogens is 372 g/mol. The van der Waals surface area contributed by atoms with Crippen molar-refractivity contribution >= 4 is 29.9 Å². The summed E-state index contributed by atoms with van der Waals surface area (Å²) in [5, 5.41) is 24.7. The van der Waals surface area contributed by atoms with Crippen LogP contribution in [0.25, 0.3) is 0 Å². The van der Waals surface area contributed by atoms with E-state index in [-0.39, 0.29) is 25.2 Å². The summed E-state index contributed by atoms with van der Waals surface area (Å²) in [6.07, 6.45) is 1.22. The molecule has 0 bridgehead atoms. The molecule has 11 nitrogen and oxygen atoms in total. The molecule has 3 amide bonds. The number of rotatable bonds is 9. The Morgan fingerprint density at radius 3 is 2.57 bits per heavy atom. The summed E-state index contributed by atoms with van der Waals surface area (Å²) in [4.78, 5) is 58.0. The molecule has 0 spiro atoms. The molecule has 1 aliphatic rings. The summed E-state index contributed by atoms with van der Waals surface area (Å²) < 4.78 is 0. The number of nitrogens with one attached hydrogen (secondary N) is 2. The zero-order chi connectivity index (χ0) is 20.7. The van der Waals surface area contributed by atoms with Crippen molar-refractivity contribution in [3.05, 3.63) is 39.9 Å². The quantitative estimate of drug-likeness (QED) is 0.289. The second kappa shape index (κ2) is 9.44. The van der Waals surface area contributed by atoms with Crippen LogP contribution in [0.1, 0.15) is 18.4 Å². The number of non-ortho nitro benzene ring substituents is 1. The maximum Gasteiger partial charge on any atom is 0.326 e. The van der Waals surface area contributed by atoms with Gasteiger partial charge in [0.05, 0.1) is 11.5 Å². The third-order valence-electron chi connectivity index (χ3n) is 4.39. The lowest BCUT2D eigenvalue weighted by molar-refractivity contribution is -0.384. The average molecular weight is 392 g/mol. The van der Waals surface area contributed by atoms with Crippen LogP contribution in [0.5, 0.6) is 0 Å². The lowest BCUT2D eigenvalue weighted by atomic mass is 10.0. The maximum absolute atomic E-state index is 12.9. The van der Waals surface area contributed by atoms with Gasteiger partial charge in [-0.1, -0.05) is 12.1 Å². The molecule has 2 rings (SSSR count). The number of hydrogen-bond donors (Lipinski definition) is 3. The maximum atomic E-state index is 12.9. The van der Waals surface area contributed by atoms with E-state index in [1.54, 1.807) is 0 Å². The highest BCUT2D eigenvalue weighted by Gasteiger charge is 2.37. The van der Waals surface area contributed by atoms with E-state index in [9.17, 15) is 34.4 Å². The van der Waals surface area contributed by atoms with Gasteiger partial charge in [0, 0.05) is 25.1 Å². The van der Waals surface area contributed by atoms with Crippen molar-refractivity contribution in [3.63, 3.8) is 0 Å². The summed E-state index contributed by atoms with van der Waals surface area (Å²) in [5.41, 5.74) is 0.440. The SMILES string of the molecule is O=CNCC(=O)N[C@@H](Cc1ccc([N+](=O)[O-])cc1)C(=O)N1CCC[C@H]1C(=O)O. The van der Waals surface area contributed by atoms with E-state index in [0.29, 0.717) is 24.8 Å². The number of aliphatic carboxylic acids is 1. The van der Waals surface area contributed by atoms with E-state index >= 15 is 0 Å². The standard InChI is InChI=1S/C17H20N4O7/c22-10-18-9-15(23)19-13(8-11-3-5-12(6-4-11)21(27)28)16(24)20-7-1-2-14(20)17(25)26/h3-6,10,13-14H,1-2,7-9H2,(H,18,22)(H,19,23)(H,25,26)/t13-,14-/m0/s1. The highest BCUT2D eigenvalue weighted by Crippen LogP contribution is 2.20. The van der Waals surface area contributed by atoms with Crippen LogP contribution in [0, 0.1) is 10.1 Å². The normalized spacial score (nSPS) is 16.9. The van der Waals surface area contributed by atoms with Gasteiger partial charge in [0.2, 0.25) is 18.2 Å². The monoisotopic (exact) mass is 392 g/mol. The van der Waals surface area contributed by atoms with Crippen molar-refractivity contribution in [3.8, 4) is 0 Å². The zero-order valence-electron chi connectivity index (χ0n) is 14.9. The first-order valence-electron chi connectivity index (χ1n) is 8.56. The van der Waals surface area contributed by atoms with Crippen LogP contribution in [0.4, 0.5) is 5.69 Å². The van der Waals surface area contributed by atoms with E-state index in [1.165, 1.54) is 29.2 Å². The lowest BCUT2D eigenvalue weighted by Gasteiger charge is -2.27. The molecule has 0 saturated carbocycles. The summed E-state index contributed by atoms with van der Waals surface area (Å²) in [6, 6.07) is 3.46. The first-order valence-corrected chi connectivity index (χ1v) is 8.56. The van der Waals surface area contributed by atoms with Gasteiger partial charge >= 0.3 is 5.97 Å². The number of carbonyl (C=O) groups is 4. The molecule has 28 heavy (non-hydrogen) atoms. The number of carbonyl (C=O) groups excluding carboxylic acids is 3. The number of nitro groups is 1. The minimum atomic E-state index is -1.12. The van der Waals surface area contributed by atoms with E-state index in [4.69, 9.17) is 0 Å². The third kappa shape index (κ3) is 5.25. The second-order valence-electron chi connectivity index (χ2n) is 6.27. The van der Waals surface area contributed by atoms with Gasteiger partial charge in [0.1, 0.15) is 12.1 Å². The molecule has 1 saturated heterocycles. The Bertz CT molecular complexity index is 765. The van der Waals surface area contributed by atoms with E-state index < -0.39 is 34.8 Å². The highest BCUT2D eigenvalue weighted by molar-refractivity contribution is 5.91. The highest BCUT2D eigenvalue weighted by atomic mass is 16.6. The summed E-state index contributed by atoms with van der Waals surface area (Å²) in [7, 11) is 0. The summed E-state index contributed by atoms with van der Waals surface area (Å²) >= 11 is 0. The number of carboxylic acid groups (broad SMARTS) is 1. The van der Waals surface area contributed by atoms with Crippen LogP contribution in [0.15, 0.2) is 24.3 Å². The zero-order valence-corrected chi connectivity index (χ0v) is 14.9. The fourth-order valence-electron chi connectivity index (χ4n) is 3.06. The second-order valence-corrected chi connectivity index (χ2v) is 6.27. The van der Waals surface area contributed by atoms with Crippen molar-refractivity contribution in [2.24, 2.45) is 0 Å². The minimum Gasteiger partial charge on any atom is -0.480 e. The van der Waals surface area contributed by atoms with Crippen LogP contribution in [-0.2, 0) is 25.6 Å². The van der Waals surface area contributed by atoms with Gasteiger partial charge in [-0.25, -0.2) is 4.79 Å². The Balaban J connectivity index is 2.19. The van der Waals surface area contributed by atoms with Crippen LogP contribution >= 0.6 is 0 Å². The molecule has 2 atom stereocenters. The molecule has 1 fully saturated rings. The van der Waals surface area contributed by atoms with E-state index in [0.717, 1.165) is 0 Å². The molecule has 3 N–H and O–H groups in total. The fourth-order valence-corrected chi connectivity index (χ4v) is 3.06. The molecule has 1 aromatic carbocycles. The number of benzene rings is 1. The predicted octanol–water partition coefficient (Wildman–Crippen LogP) is -0.556. The van der Waals surface area contributed by atoms with Crippen molar-refractivity contribution in [1.82, 2.24) is 15.5 Å². The third-order valence-corrected chi connectivity index (χ3v) is 4.39. The number of hydrogen-bond acceptors (Lipinski definition) is 6. The largest absolute Gasteiger partial charge is 0.480 e. The molecule has 11 heteroatoms. The molecule has 0 unspecified atom stereocenters. The number of carboxylic acids is 1. The van der Waals surface area contributed by atoms with Gasteiger partial charge in [-0.2, -0.15) is 0 Å². The number of likely N-dealkylation sites (tertiary alicyclic amines) is 1. The summed E-state index contributed by atoms with van der Waals surface area (Å²) in [6.45, 7) is -0.0785. The lowest BCUT2D eigenvalue weighted by Crippen LogP contribution is -2.53. The average Bonchev–Trinajstić information content (AvgIpc) is 3.15. The van der Waals surface area contributed by atoms with Gasteiger partial charge in [-0.15, -0.1) is 0 Å². The van der Waals surface area contributed by atoms with Crippen LogP contribution in [-0.4, -0.2) is 64.3 Å². The number of amides is 3. The Morgan fingerprint density at radius 1 is 1.32 bits per heavy atom. The van der Waals surface area contributed by atoms with Crippen molar-refractivity contribution in [1.29, 1.82) is 0 Å². The Labute approximate surface area is 159 Å². The Kier molecular flexibility index (Phi) is 7.02. The van der Waals surface area contributed by atoms with Gasteiger partial charge < -0.3 is 20.6 Å². The van der Waals surface area contributed by atoms with Gasteiger partial charge in [0.15, 0.2) is 0 Å². The molecule has 0 aliphatic carbocycles. The Hall–Kier alpha value is -3.50. The summed E-state index contributed by atoms with van der Waals surface area (Å²) in [5.74, 6) is -2.28. The van der Waals surface area contributed by atoms with Crippen LogP contribution in [0.2, 0.25) is 0 Å². The molecule has 0 radical (unpaired) electrons. The van der Waals surface area contributed by atoms with E-state index in [1.807, 2.05) is 0 Å². The Morgan fingerprint density at radius 2 is 2.00 bits per heavy atom. The molecule has 0 aromatic heterocycles. The van der Waals surface area contributed by atoms with Crippen molar-refractivity contribution < 1.29 is 29.2 Å². The van der Waals surface area contributed by atoms with Crippen LogP contribution < -0.4 is 10.6 Å². The minimum absolute atomic E-state index is 0.0203. The molecule has 1 heterocycles. The van der Waals surface area contributed by atoms with E-state index in [2.05, 4.69) is 10.6 Å². The van der Waals surface area contributed by atoms with Crippen LogP contribution in [0.3, 0.4) is 0 Å². The molecule has 1 aliphatic heterocycles. The van der Waals surface area contributed by atoms with Gasteiger partial charge in [-0.3, -0.25) is 24.5 Å². The molecule has 150 valence electrons. The predicted molar refractivity (Wildman–Crippen MR) is 95.2 cm³/mol. The molecule has 1 aromatic rings. The first-order chi connectivity index (χ1) is 13.3. The van der Waals surface area contributed by atoms with Gasteiger partial charge in [-0.05, 0) is 18.4 Å². The molecular formula is C17H20N4O7. The topological polar surface area (TPSA) is 159 Å². The van der Waals surface area contributed by atoms with Gasteiger partial charge in [0.25, 0.3) is 5.69 Å².